The van der Waals surface area contributed by atoms with Crippen molar-refractivity contribution in [2.45, 2.75) is 9.79 Å². The van der Waals surface area contributed by atoms with Crippen molar-refractivity contribution in [3.63, 3.8) is 0 Å². The van der Waals surface area contributed by atoms with Crippen LogP contribution < -0.4 is 10.2 Å². The van der Waals surface area contributed by atoms with Crippen LogP contribution in [0.25, 0.3) is 11.0 Å². The fourth-order valence-electron chi connectivity index (χ4n) is 2.99. The van der Waals surface area contributed by atoms with E-state index in [4.69, 9.17) is 0 Å². The lowest BCUT2D eigenvalue weighted by molar-refractivity contribution is 0.102. The van der Waals surface area contributed by atoms with Crippen LogP contribution in [0, 0.1) is 5.82 Å². The molecule has 0 spiro atoms. The minimum atomic E-state index is -4.00. The molecule has 0 radical (unpaired) electrons. The van der Waals surface area contributed by atoms with Gasteiger partial charge in [-0.2, -0.15) is 5.10 Å². The van der Waals surface area contributed by atoms with Crippen molar-refractivity contribution in [1.29, 1.82) is 0 Å². The highest BCUT2D eigenvalue weighted by Crippen LogP contribution is 2.27. The van der Waals surface area contributed by atoms with Crippen molar-refractivity contribution in [1.82, 2.24) is 15.2 Å². The number of benzene rings is 2. The van der Waals surface area contributed by atoms with Crippen LogP contribution in [0.3, 0.4) is 0 Å². The topological polar surface area (TPSA) is 108 Å². The molecule has 0 aliphatic carbocycles. The first kappa shape index (κ1) is 20.5. The molecule has 8 nitrogen and oxygen atoms in total. The SMILES string of the molecule is CN(C)c1ccc(C(=O)Nc2[nH]nc3ncc(S(=O)(=O)c4cccc(F)c4)cc23)cc1. The summed E-state index contributed by atoms with van der Waals surface area (Å²) in [7, 11) is -0.208. The Morgan fingerprint density at radius 1 is 1.06 bits per heavy atom. The molecule has 2 aromatic heterocycles. The number of halogens is 1. The van der Waals surface area contributed by atoms with Crippen molar-refractivity contribution >= 4 is 38.3 Å². The lowest BCUT2D eigenvalue weighted by atomic mass is 10.2. The molecule has 4 aromatic rings. The number of H-pyrrole nitrogens is 1. The lowest BCUT2D eigenvalue weighted by Gasteiger charge is -2.12. The van der Waals surface area contributed by atoms with Gasteiger partial charge in [0.2, 0.25) is 9.84 Å². The number of sulfone groups is 1. The highest BCUT2D eigenvalue weighted by molar-refractivity contribution is 7.91. The Hall–Kier alpha value is -3.79. The highest BCUT2D eigenvalue weighted by atomic mass is 32.2. The normalized spacial score (nSPS) is 11.5. The van der Waals surface area contributed by atoms with E-state index in [9.17, 15) is 17.6 Å². The Morgan fingerprint density at radius 2 is 1.81 bits per heavy atom. The second-order valence-electron chi connectivity index (χ2n) is 7.00. The van der Waals surface area contributed by atoms with Crippen LogP contribution >= 0.6 is 0 Å². The highest BCUT2D eigenvalue weighted by Gasteiger charge is 2.21. The molecule has 31 heavy (non-hydrogen) atoms. The number of nitrogens with zero attached hydrogens (tertiary/aromatic N) is 3. The zero-order chi connectivity index (χ0) is 22.2. The molecule has 2 N–H and O–H groups in total. The second kappa shape index (κ2) is 7.80. The van der Waals surface area contributed by atoms with Gasteiger partial charge in [-0.1, -0.05) is 6.07 Å². The zero-order valence-electron chi connectivity index (χ0n) is 16.6. The molecule has 0 aliphatic rings. The van der Waals surface area contributed by atoms with Gasteiger partial charge in [-0.3, -0.25) is 9.89 Å². The summed E-state index contributed by atoms with van der Waals surface area (Å²) in [5.41, 5.74) is 1.60. The lowest BCUT2D eigenvalue weighted by Crippen LogP contribution is -2.13. The zero-order valence-corrected chi connectivity index (χ0v) is 17.4. The number of nitrogens with one attached hydrogen (secondary N) is 2. The van der Waals surface area contributed by atoms with E-state index in [1.165, 1.54) is 18.2 Å². The van der Waals surface area contributed by atoms with Gasteiger partial charge in [0.15, 0.2) is 5.65 Å². The Kier molecular flexibility index (Phi) is 5.15. The van der Waals surface area contributed by atoms with Gasteiger partial charge in [-0.05, 0) is 48.5 Å². The van der Waals surface area contributed by atoms with Gasteiger partial charge in [-0.25, -0.2) is 17.8 Å². The first-order valence-electron chi connectivity index (χ1n) is 9.19. The van der Waals surface area contributed by atoms with Gasteiger partial charge < -0.3 is 10.2 Å². The van der Waals surface area contributed by atoms with E-state index in [0.717, 1.165) is 24.0 Å². The van der Waals surface area contributed by atoms with E-state index in [-0.39, 0.29) is 21.3 Å². The van der Waals surface area contributed by atoms with E-state index in [0.29, 0.717) is 10.9 Å². The Bertz CT molecular complexity index is 1380. The summed E-state index contributed by atoms with van der Waals surface area (Å²) in [6.45, 7) is 0. The average Bonchev–Trinajstić information content (AvgIpc) is 3.15. The molecule has 0 unspecified atom stereocenters. The van der Waals surface area contributed by atoms with Crippen molar-refractivity contribution < 1.29 is 17.6 Å². The number of fused-ring (bicyclic) bond motifs is 1. The molecule has 4 rings (SSSR count). The van der Waals surface area contributed by atoms with Crippen LogP contribution in [-0.4, -0.2) is 43.6 Å². The maximum absolute atomic E-state index is 13.5. The largest absolute Gasteiger partial charge is 0.378 e. The van der Waals surface area contributed by atoms with Crippen LogP contribution in [0.4, 0.5) is 15.9 Å². The van der Waals surface area contributed by atoms with E-state index in [1.54, 1.807) is 12.1 Å². The van der Waals surface area contributed by atoms with E-state index < -0.39 is 21.6 Å². The first-order valence-corrected chi connectivity index (χ1v) is 10.7. The number of anilines is 2. The fraction of sp³-hybridized carbons (Fsp3) is 0.0952. The molecule has 10 heteroatoms. The molecule has 0 aliphatic heterocycles. The quantitative estimate of drug-likeness (QED) is 0.494. The minimum absolute atomic E-state index is 0.141. The number of aromatic amines is 1. The van der Waals surface area contributed by atoms with Gasteiger partial charge in [0.05, 0.1) is 15.2 Å². The maximum Gasteiger partial charge on any atom is 0.256 e. The Balaban J connectivity index is 1.66. The van der Waals surface area contributed by atoms with Crippen LogP contribution in [0.15, 0.2) is 70.6 Å². The van der Waals surface area contributed by atoms with Crippen molar-refractivity contribution in [3.8, 4) is 0 Å². The molecule has 0 atom stereocenters. The third-order valence-corrected chi connectivity index (χ3v) is 6.40. The number of aromatic nitrogens is 3. The third-order valence-electron chi connectivity index (χ3n) is 4.69. The summed E-state index contributed by atoms with van der Waals surface area (Å²) in [6, 6.07) is 13.1. The number of hydrogen-bond donors (Lipinski definition) is 2. The number of amides is 1. The van der Waals surface area contributed by atoms with Gasteiger partial charge in [0, 0.05) is 31.5 Å². The number of carbonyl (C=O) groups is 1. The van der Waals surface area contributed by atoms with Crippen LogP contribution in [0.5, 0.6) is 0 Å². The number of hydrogen-bond acceptors (Lipinski definition) is 6. The minimum Gasteiger partial charge on any atom is -0.378 e. The van der Waals surface area contributed by atoms with E-state index in [1.807, 2.05) is 31.1 Å². The molecule has 1 amide bonds. The van der Waals surface area contributed by atoms with Gasteiger partial charge in [0.1, 0.15) is 11.6 Å². The average molecular weight is 439 g/mol. The summed E-state index contributed by atoms with van der Waals surface area (Å²) in [5, 5.41) is 9.67. The monoisotopic (exact) mass is 439 g/mol. The van der Waals surface area contributed by atoms with Crippen molar-refractivity contribution in [3.05, 3.63) is 72.2 Å². The van der Waals surface area contributed by atoms with Gasteiger partial charge in [-0.15, -0.1) is 0 Å². The van der Waals surface area contributed by atoms with Crippen molar-refractivity contribution in [2.24, 2.45) is 0 Å². The predicted molar refractivity (Wildman–Crippen MR) is 114 cm³/mol. The molecular weight excluding hydrogens is 421 g/mol. The number of rotatable bonds is 5. The fourth-order valence-corrected chi connectivity index (χ4v) is 4.25. The van der Waals surface area contributed by atoms with Crippen LogP contribution in [0.1, 0.15) is 10.4 Å². The standard InChI is InChI=1S/C21H18FN5O3S/c1-27(2)15-8-6-13(7-9-15)21(28)24-20-18-11-17(12-23-19(18)25-26-20)31(29,30)16-5-3-4-14(22)10-16/h3-12H,1-2H3,(H2,23,24,25,26,28). The van der Waals surface area contributed by atoms with Crippen molar-refractivity contribution in [2.75, 3.05) is 24.3 Å². The molecule has 0 fully saturated rings. The van der Waals surface area contributed by atoms with E-state index in [2.05, 4.69) is 20.5 Å². The Morgan fingerprint density at radius 3 is 2.48 bits per heavy atom. The summed E-state index contributed by atoms with van der Waals surface area (Å²) in [4.78, 5) is 18.3. The molecule has 2 aromatic carbocycles. The molecule has 158 valence electrons. The summed E-state index contributed by atoms with van der Waals surface area (Å²) < 4.78 is 39.2. The molecule has 0 bridgehead atoms. The summed E-state index contributed by atoms with van der Waals surface area (Å²) >= 11 is 0. The molecule has 0 saturated heterocycles. The number of pyridine rings is 1. The summed E-state index contributed by atoms with van der Waals surface area (Å²) in [5.74, 6) is -0.846. The Labute approximate surface area is 177 Å². The van der Waals surface area contributed by atoms with Gasteiger partial charge in [0.25, 0.3) is 5.91 Å². The van der Waals surface area contributed by atoms with Crippen LogP contribution in [0.2, 0.25) is 0 Å². The third kappa shape index (κ3) is 3.97. The van der Waals surface area contributed by atoms with Crippen LogP contribution in [-0.2, 0) is 9.84 Å². The summed E-state index contributed by atoms with van der Waals surface area (Å²) in [6.07, 6.45) is 1.15. The van der Waals surface area contributed by atoms with E-state index >= 15 is 0 Å². The smallest absolute Gasteiger partial charge is 0.256 e. The maximum atomic E-state index is 13.5. The first-order chi connectivity index (χ1) is 14.8. The predicted octanol–water partition coefficient (Wildman–Crippen LogP) is 3.25. The number of carbonyl (C=O) groups excluding carboxylic acids is 1. The molecule has 0 saturated carbocycles. The second-order valence-corrected chi connectivity index (χ2v) is 8.95. The van der Waals surface area contributed by atoms with Gasteiger partial charge >= 0.3 is 0 Å². The molecular formula is C21H18FN5O3S. The molecule has 2 heterocycles.